The van der Waals surface area contributed by atoms with Crippen molar-refractivity contribution >= 4 is 12.7 Å². The maximum Gasteiger partial charge on any atom is 0.406 e. The van der Waals surface area contributed by atoms with Crippen molar-refractivity contribution in [1.29, 1.82) is 0 Å². The lowest BCUT2D eigenvalue weighted by Crippen LogP contribution is -2.20. The zero-order chi connectivity index (χ0) is 10.8. The summed E-state index contributed by atoms with van der Waals surface area (Å²) in [4.78, 5) is 0. The molecule has 1 aromatic carbocycles. The van der Waals surface area contributed by atoms with Gasteiger partial charge in [0.2, 0.25) is 0 Å². The molecule has 2 N–H and O–H groups in total. The van der Waals surface area contributed by atoms with Crippen molar-refractivity contribution in [3.8, 4) is 0 Å². The van der Waals surface area contributed by atoms with Gasteiger partial charge in [0.1, 0.15) is 0 Å². The molecule has 0 fully saturated rings. The molecule has 0 spiro atoms. The Hall–Kier alpha value is -0.955. The molecular formula is C11H18BNO. The van der Waals surface area contributed by atoms with Crippen molar-refractivity contribution in [1.82, 2.24) is 0 Å². The topological polar surface area (TPSA) is 32.3 Å². The number of benzene rings is 1. The molecule has 0 aromatic heterocycles. The molecule has 0 aliphatic rings. The zero-order valence-electron chi connectivity index (χ0n) is 9.33. The van der Waals surface area contributed by atoms with E-state index in [1.807, 2.05) is 12.1 Å². The summed E-state index contributed by atoms with van der Waals surface area (Å²) < 4.78 is 0. The summed E-state index contributed by atoms with van der Waals surface area (Å²) in [5.41, 5.74) is 2.38. The van der Waals surface area contributed by atoms with Gasteiger partial charge in [0, 0.05) is 5.69 Å². The van der Waals surface area contributed by atoms with Crippen molar-refractivity contribution in [2.45, 2.75) is 33.0 Å². The summed E-state index contributed by atoms with van der Waals surface area (Å²) in [7, 11) is -0.509. The van der Waals surface area contributed by atoms with Gasteiger partial charge in [-0.1, -0.05) is 32.9 Å². The fraction of sp³-hybridized carbons (Fsp3) is 0.455. The van der Waals surface area contributed by atoms with Crippen molar-refractivity contribution < 1.29 is 5.02 Å². The van der Waals surface area contributed by atoms with Gasteiger partial charge in [0.05, 0.1) is 0 Å². The number of hydrogen-bond donors (Lipinski definition) is 2. The van der Waals surface area contributed by atoms with Gasteiger partial charge in [0.25, 0.3) is 0 Å². The Morgan fingerprint density at radius 1 is 1.29 bits per heavy atom. The molecule has 3 heteroatoms. The first-order valence-corrected chi connectivity index (χ1v) is 4.95. The smallest absolute Gasteiger partial charge is 0.406 e. The number of rotatable bonds is 2. The van der Waals surface area contributed by atoms with E-state index < -0.39 is 7.05 Å². The minimum Gasteiger partial charge on any atom is -0.433 e. The fourth-order valence-electron chi connectivity index (χ4n) is 1.32. The van der Waals surface area contributed by atoms with Crippen LogP contribution in [0.15, 0.2) is 24.3 Å². The maximum atomic E-state index is 9.19. The molecule has 0 aliphatic heterocycles. The Kier molecular flexibility index (Phi) is 3.22. The highest BCUT2D eigenvalue weighted by molar-refractivity contribution is 6.52. The van der Waals surface area contributed by atoms with Crippen LogP contribution in [0, 0.1) is 0 Å². The Labute approximate surface area is 86.5 Å². The minimum absolute atomic E-state index is 0.149. The Bertz CT molecular complexity index is 304. The summed E-state index contributed by atoms with van der Waals surface area (Å²) in [6.07, 6.45) is 0. The highest BCUT2D eigenvalue weighted by Gasteiger charge is 2.14. The van der Waals surface area contributed by atoms with Gasteiger partial charge in [-0.3, -0.25) is 0 Å². The summed E-state index contributed by atoms with van der Waals surface area (Å²) in [6.45, 7) is 8.24. The summed E-state index contributed by atoms with van der Waals surface area (Å²) in [5, 5.41) is 12.2. The molecule has 0 aliphatic carbocycles. The Balaban J connectivity index is 2.90. The lowest BCUT2D eigenvalue weighted by molar-refractivity contribution is 0.585. The van der Waals surface area contributed by atoms with Crippen LogP contribution in [0.5, 0.6) is 0 Å². The number of hydrogen-bond acceptors (Lipinski definition) is 2. The van der Waals surface area contributed by atoms with Crippen LogP contribution in [-0.2, 0) is 5.41 Å². The average Bonchev–Trinajstić information content (AvgIpc) is 2.01. The molecule has 0 heterocycles. The summed E-state index contributed by atoms with van der Waals surface area (Å²) in [6, 6.07) is 8.15. The molecular weight excluding hydrogens is 173 g/mol. The second kappa shape index (κ2) is 4.05. The summed E-state index contributed by atoms with van der Waals surface area (Å²) >= 11 is 0. The molecule has 0 bridgehead atoms. The van der Waals surface area contributed by atoms with E-state index in [1.165, 1.54) is 5.56 Å². The van der Waals surface area contributed by atoms with Gasteiger partial charge < -0.3 is 10.3 Å². The molecule has 14 heavy (non-hydrogen) atoms. The molecule has 0 saturated heterocycles. The fourth-order valence-corrected chi connectivity index (χ4v) is 1.32. The predicted molar refractivity (Wildman–Crippen MR) is 62.6 cm³/mol. The van der Waals surface area contributed by atoms with E-state index in [4.69, 9.17) is 0 Å². The van der Waals surface area contributed by atoms with Crippen molar-refractivity contribution in [3.05, 3.63) is 29.8 Å². The highest BCUT2D eigenvalue weighted by atomic mass is 16.2. The van der Waals surface area contributed by atoms with E-state index in [1.54, 1.807) is 6.82 Å². The molecule has 2 nitrogen and oxygen atoms in total. The zero-order valence-corrected chi connectivity index (χ0v) is 9.33. The van der Waals surface area contributed by atoms with Crippen molar-refractivity contribution in [3.63, 3.8) is 0 Å². The molecule has 0 amide bonds. The van der Waals surface area contributed by atoms with Gasteiger partial charge in [-0.2, -0.15) is 0 Å². The molecule has 0 unspecified atom stereocenters. The van der Waals surface area contributed by atoms with Gasteiger partial charge in [-0.15, -0.1) is 0 Å². The van der Waals surface area contributed by atoms with E-state index in [2.05, 4.69) is 38.1 Å². The third-order valence-corrected chi connectivity index (χ3v) is 2.10. The normalized spacial score (nSPS) is 11.2. The Morgan fingerprint density at radius 2 is 1.93 bits per heavy atom. The van der Waals surface area contributed by atoms with E-state index in [0.29, 0.717) is 0 Å². The van der Waals surface area contributed by atoms with Gasteiger partial charge >= 0.3 is 7.05 Å². The van der Waals surface area contributed by atoms with Gasteiger partial charge in [-0.25, -0.2) is 0 Å². The molecule has 0 saturated carbocycles. The first-order valence-electron chi connectivity index (χ1n) is 4.95. The van der Waals surface area contributed by atoms with Crippen LogP contribution in [0.4, 0.5) is 5.69 Å². The van der Waals surface area contributed by atoms with Gasteiger partial charge in [-0.05, 0) is 29.9 Å². The molecule has 0 radical (unpaired) electrons. The van der Waals surface area contributed by atoms with Crippen molar-refractivity contribution in [2.75, 3.05) is 5.23 Å². The van der Waals surface area contributed by atoms with E-state index in [-0.39, 0.29) is 5.41 Å². The van der Waals surface area contributed by atoms with Crippen molar-refractivity contribution in [2.24, 2.45) is 0 Å². The monoisotopic (exact) mass is 191 g/mol. The number of anilines is 1. The predicted octanol–water partition coefficient (Wildman–Crippen LogP) is 2.51. The first-order chi connectivity index (χ1) is 6.39. The lowest BCUT2D eigenvalue weighted by atomic mass is 9.85. The minimum atomic E-state index is -0.509. The van der Waals surface area contributed by atoms with Crippen LogP contribution in [0.3, 0.4) is 0 Å². The highest BCUT2D eigenvalue weighted by Crippen LogP contribution is 2.24. The third kappa shape index (κ3) is 3.07. The average molecular weight is 191 g/mol. The SMILES string of the molecule is CB(O)Nc1cccc(C(C)(C)C)c1. The van der Waals surface area contributed by atoms with Crippen LogP contribution in [-0.4, -0.2) is 12.1 Å². The Morgan fingerprint density at radius 3 is 2.43 bits per heavy atom. The van der Waals surface area contributed by atoms with E-state index >= 15 is 0 Å². The largest absolute Gasteiger partial charge is 0.433 e. The molecule has 1 rings (SSSR count). The van der Waals surface area contributed by atoms with Crippen LogP contribution >= 0.6 is 0 Å². The standard InChI is InChI=1S/C11H18BNO/c1-11(2,3)9-6-5-7-10(8-9)13-12(4)14/h5-8,13-14H,1-4H3. The quantitative estimate of drug-likeness (QED) is 0.704. The van der Waals surface area contributed by atoms with Gasteiger partial charge in [0.15, 0.2) is 0 Å². The third-order valence-electron chi connectivity index (χ3n) is 2.10. The second-order valence-electron chi connectivity index (χ2n) is 4.65. The lowest BCUT2D eigenvalue weighted by Gasteiger charge is -2.20. The molecule has 76 valence electrons. The van der Waals surface area contributed by atoms with Crippen LogP contribution in [0.1, 0.15) is 26.3 Å². The molecule has 0 atom stereocenters. The van der Waals surface area contributed by atoms with Crippen LogP contribution in [0.25, 0.3) is 0 Å². The van der Waals surface area contributed by atoms with E-state index in [0.717, 1.165) is 5.69 Å². The first kappa shape index (κ1) is 11.1. The number of nitrogens with one attached hydrogen (secondary N) is 1. The second-order valence-corrected chi connectivity index (χ2v) is 4.65. The van der Waals surface area contributed by atoms with Crippen LogP contribution < -0.4 is 5.23 Å². The van der Waals surface area contributed by atoms with E-state index in [9.17, 15) is 5.02 Å². The van der Waals surface area contributed by atoms with Crippen LogP contribution in [0.2, 0.25) is 6.82 Å². The molecule has 1 aromatic rings. The summed E-state index contributed by atoms with van der Waals surface area (Å²) in [5.74, 6) is 0. The maximum absolute atomic E-state index is 9.19.